The van der Waals surface area contributed by atoms with Crippen molar-refractivity contribution in [2.24, 2.45) is 0 Å². The zero-order valence-electron chi connectivity index (χ0n) is 12.4. The predicted molar refractivity (Wildman–Crippen MR) is 91.4 cm³/mol. The van der Waals surface area contributed by atoms with Gasteiger partial charge in [0.2, 0.25) is 0 Å². The van der Waals surface area contributed by atoms with Gasteiger partial charge in [0, 0.05) is 10.7 Å². The fraction of sp³-hybridized carbons (Fsp3) is 0.118. The molecule has 0 unspecified atom stereocenters. The maximum Gasteiger partial charge on any atom is 0.161 e. The fourth-order valence-corrected chi connectivity index (χ4v) is 1.99. The molecule has 0 aliphatic rings. The number of hydrogen-bond acceptors (Lipinski definition) is 3. The molecule has 2 N–H and O–H groups in total. The molecule has 0 fully saturated rings. The summed E-state index contributed by atoms with van der Waals surface area (Å²) in [7, 11) is 3.19. The maximum atomic E-state index is 7.92. The average molecular weight is 317 g/mol. The molecule has 2 aromatic carbocycles. The van der Waals surface area contributed by atoms with E-state index < -0.39 is 0 Å². The summed E-state index contributed by atoms with van der Waals surface area (Å²) in [6, 6.07) is 12.8. The molecular formula is C17H17ClN2O2. The van der Waals surface area contributed by atoms with E-state index in [1.165, 1.54) is 0 Å². The van der Waals surface area contributed by atoms with Crippen LogP contribution in [0.15, 0.2) is 48.5 Å². The molecule has 0 saturated heterocycles. The van der Waals surface area contributed by atoms with Crippen LogP contribution in [0, 0.1) is 5.41 Å². The van der Waals surface area contributed by atoms with E-state index in [1.54, 1.807) is 32.4 Å². The quantitative estimate of drug-likeness (QED) is 0.632. The number of benzene rings is 2. The summed E-state index contributed by atoms with van der Waals surface area (Å²) in [6.45, 7) is 0. The number of anilines is 1. The topological polar surface area (TPSA) is 54.3 Å². The van der Waals surface area contributed by atoms with Crippen LogP contribution in [0.25, 0.3) is 6.08 Å². The molecule has 5 heteroatoms. The molecule has 0 radical (unpaired) electrons. The minimum atomic E-state index is 0.275. The summed E-state index contributed by atoms with van der Waals surface area (Å²) in [6.07, 6.45) is 3.50. The number of ether oxygens (including phenoxy) is 2. The molecule has 0 aliphatic heterocycles. The van der Waals surface area contributed by atoms with Crippen molar-refractivity contribution in [3.63, 3.8) is 0 Å². The number of rotatable bonds is 5. The van der Waals surface area contributed by atoms with Crippen LogP contribution < -0.4 is 14.8 Å². The zero-order valence-corrected chi connectivity index (χ0v) is 13.1. The lowest BCUT2D eigenvalue weighted by atomic mass is 10.2. The Morgan fingerprint density at radius 3 is 2.36 bits per heavy atom. The second-order valence-corrected chi connectivity index (χ2v) is 4.93. The Labute approximate surface area is 134 Å². The SMILES string of the molecule is COc1ccc(/C=C/C(=N)Nc2ccc(Cl)cc2)cc1OC. The summed E-state index contributed by atoms with van der Waals surface area (Å²) in [5.41, 5.74) is 1.73. The number of halogens is 1. The predicted octanol–water partition coefficient (Wildman–Crippen LogP) is 4.46. The summed E-state index contributed by atoms with van der Waals surface area (Å²) < 4.78 is 10.4. The first-order chi connectivity index (χ1) is 10.6. The van der Waals surface area contributed by atoms with E-state index in [9.17, 15) is 0 Å². The highest BCUT2D eigenvalue weighted by Crippen LogP contribution is 2.27. The number of amidine groups is 1. The fourth-order valence-electron chi connectivity index (χ4n) is 1.87. The summed E-state index contributed by atoms with van der Waals surface area (Å²) in [5, 5.41) is 11.6. The van der Waals surface area contributed by atoms with E-state index in [4.69, 9.17) is 26.5 Å². The molecule has 2 rings (SSSR count). The van der Waals surface area contributed by atoms with Gasteiger partial charge in [0.15, 0.2) is 11.5 Å². The van der Waals surface area contributed by atoms with Crippen LogP contribution in [-0.4, -0.2) is 20.1 Å². The van der Waals surface area contributed by atoms with Gasteiger partial charge in [-0.1, -0.05) is 23.7 Å². The van der Waals surface area contributed by atoms with Crippen molar-refractivity contribution in [1.82, 2.24) is 0 Å². The summed E-state index contributed by atoms with van der Waals surface area (Å²) in [4.78, 5) is 0. The molecule has 22 heavy (non-hydrogen) atoms. The van der Waals surface area contributed by atoms with Crippen molar-refractivity contribution in [2.75, 3.05) is 19.5 Å². The third kappa shape index (κ3) is 4.27. The van der Waals surface area contributed by atoms with Crippen molar-refractivity contribution < 1.29 is 9.47 Å². The molecule has 0 heterocycles. The van der Waals surface area contributed by atoms with Crippen molar-refractivity contribution >= 4 is 29.2 Å². The Hall–Kier alpha value is -2.46. The number of methoxy groups -OCH3 is 2. The second kappa shape index (κ2) is 7.52. The van der Waals surface area contributed by atoms with Crippen molar-refractivity contribution in [2.45, 2.75) is 0 Å². The van der Waals surface area contributed by atoms with E-state index in [0.717, 1.165) is 11.3 Å². The third-order valence-electron chi connectivity index (χ3n) is 2.97. The van der Waals surface area contributed by atoms with Gasteiger partial charge >= 0.3 is 0 Å². The first-order valence-electron chi connectivity index (χ1n) is 6.63. The highest BCUT2D eigenvalue weighted by atomic mass is 35.5. The minimum absolute atomic E-state index is 0.275. The lowest BCUT2D eigenvalue weighted by molar-refractivity contribution is 0.355. The maximum absolute atomic E-state index is 7.92. The van der Waals surface area contributed by atoms with Gasteiger partial charge in [-0.3, -0.25) is 5.41 Å². The highest BCUT2D eigenvalue weighted by molar-refractivity contribution is 6.30. The average Bonchev–Trinajstić information content (AvgIpc) is 2.54. The van der Waals surface area contributed by atoms with Crippen LogP contribution in [-0.2, 0) is 0 Å². The Morgan fingerprint density at radius 2 is 1.73 bits per heavy atom. The van der Waals surface area contributed by atoms with E-state index in [2.05, 4.69) is 5.32 Å². The monoisotopic (exact) mass is 316 g/mol. The molecule has 0 spiro atoms. The second-order valence-electron chi connectivity index (χ2n) is 4.49. The molecule has 0 aromatic heterocycles. The molecule has 114 valence electrons. The first-order valence-corrected chi connectivity index (χ1v) is 7.01. The lowest BCUT2D eigenvalue weighted by Gasteiger charge is -2.08. The normalized spacial score (nSPS) is 10.5. The van der Waals surface area contributed by atoms with Crippen LogP contribution in [0.4, 0.5) is 5.69 Å². The van der Waals surface area contributed by atoms with Gasteiger partial charge in [-0.05, 0) is 48.0 Å². The van der Waals surface area contributed by atoms with Crippen LogP contribution in [0.2, 0.25) is 5.02 Å². The molecule has 0 saturated carbocycles. The van der Waals surface area contributed by atoms with Crippen molar-refractivity contribution in [3.8, 4) is 11.5 Å². The van der Waals surface area contributed by atoms with Gasteiger partial charge in [-0.25, -0.2) is 0 Å². The molecule has 0 amide bonds. The van der Waals surface area contributed by atoms with Gasteiger partial charge in [0.25, 0.3) is 0 Å². The molecule has 2 aromatic rings. The van der Waals surface area contributed by atoms with E-state index in [0.29, 0.717) is 16.5 Å². The smallest absolute Gasteiger partial charge is 0.161 e. The Morgan fingerprint density at radius 1 is 1.05 bits per heavy atom. The number of hydrogen-bond donors (Lipinski definition) is 2. The van der Waals surface area contributed by atoms with Gasteiger partial charge in [0.1, 0.15) is 5.84 Å². The minimum Gasteiger partial charge on any atom is -0.493 e. The van der Waals surface area contributed by atoms with Gasteiger partial charge in [-0.15, -0.1) is 0 Å². The third-order valence-corrected chi connectivity index (χ3v) is 3.23. The Kier molecular flexibility index (Phi) is 5.44. The first kappa shape index (κ1) is 15.9. The highest BCUT2D eigenvalue weighted by Gasteiger charge is 2.02. The van der Waals surface area contributed by atoms with E-state index in [1.807, 2.05) is 36.4 Å². The molecular weight excluding hydrogens is 300 g/mol. The van der Waals surface area contributed by atoms with Gasteiger partial charge in [-0.2, -0.15) is 0 Å². The standard InChI is InChI=1S/C17H17ClN2O2/c1-21-15-9-3-12(11-16(15)22-2)4-10-17(19)20-14-7-5-13(18)6-8-14/h3-11H,1-2H3,(H2,19,20)/b10-4+. The van der Waals surface area contributed by atoms with Crippen LogP contribution in [0.5, 0.6) is 11.5 Å². The van der Waals surface area contributed by atoms with Gasteiger partial charge in [0.05, 0.1) is 14.2 Å². The van der Waals surface area contributed by atoms with E-state index >= 15 is 0 Å². The van der Waals surface area contributed by atoms with Crippen LogP contribution in [0.3, 0.4) is 0 Å². The lowest BCUT2D eigenvalue weighted by Crippen LogP contribution is -2.06. The number of nitrogens with one attached hydrogen (secondary N) is 2. The van der Waals surface area contributed by atoms with Crippen LogP contribution >= 0.6 is 11.6 Å². The Bertz CT molecular complexity index is 682. The van der Waals surface area contributed by atoms with E-state index in [-0.39, 0.29) is 5.84 Å². The van der Waals surface area contributed by atoms with Crippen molar-refractivity contribution in [3.05, 3.63) is 59.1 Å². The van der Waals surface area contributed by atoms with Gasteiger partial charge < -0.3 is 14.8 Å². The molecule has 0 bridgehead atoms. The van der Waals surface area contributed by atoms with Crippen molar-refractivity contribution in [1.29, 1.82) is 5.41 Å². The molecule has 0 aliphatic carbocycles. The zero-order chi connectivity index (χ0) is 15.9. The summed E-state index contributed by atoms with van der Waals surface area (Å²) in [5.74, 6) is 1.60. The Balaban J connectivity index is 2.04. The molecule has 0 atom stereocenters. The van der Waals surface area contributed by atoms with Crippen LogP contribution in [0.1, 0.15) is 5.56 Å². The molecule has 4 nitrogen and oxygen atoms in total. The largest absolute Gasteiger partial charge is 0.493 e. The summed E-state index contributed by atoms with van der Waals surface area (Å²) >= 11 is 5.83.